The number of ether oxygens (including phenoxy) is 1. The fourth-order valence-electron chi connectivity index (χ4n) is 2.03. The van der Waals surface area contributed by atoms with Crippen LogP contribution in [0.3, 0.4) is 0 Å². The molecule has 0 heterocycles. The summed E-state index contributed by atoms with van der Waals surface area (Å²) in [6.07, 6.45) is 2.10. The van der Waals surface area contributed by atoms with Crippen LogP contribution in [-0.2, 0) is 6.42 Å². The van der Waals surface area contributed by atoms with Gasteiger partial charge in [-0.25, -0.2) is 0 Å². The fourth-order valence-corrected chi connectivity index (χ4v) is 2.03. The molecule has 118 valence electrons. The van der Waals surface area contributed by atoms with Gasteiger partial charge in [-0.2, -0.15) is 0 Å². The first kappa shape index (κ1) is 17.3. The van der Waals surface area contributed by atoms with Gasteiger partial charge in [0.25, 0.3) is 0 Å². The Kier molecular flexibility index (Phi) is 7.65. The molecule has 0 bridgehead atoms. The molecule has 0 amide bonds. The number of aliphatic imine (C=N–C) groups is 1. The lowest BCUT2D eigenvalue weighted by Gasteiger charge is -2.11. The van der Waals surface area contributed by atoms with Gasteiger partial charge >= 0.3 is 0 Å². The van der Waals surface area contributed by atoms with Crippen molar-refractivity contribution in [3.63, 3.8) is 0 Å². The summed E-state index contributed by atoms with van der Waals surface area (Å²) in [5.41, 5.74) is 7.16. The normalized spacial score (nSPS) is 13.3. The number of methoxy groups -OCH3 is 1. The Balaban J connectivity index is 2.33. The van der Waals surface area contributed by atoms with Crippen LogP contribution in [0, 0.1) is 11.8 Å². The predicted octanol–water partition coefficient (Wildman–Crippen LogP) is 2.82. The van der Waals surface area contributed by atoms with E-state index in [0.717, 1.165) is 31.7 Å². The molecule has 1 aromatic rings. The third kappa shape index (κ3) is 7.59. The fraction of sp³-hybridized carbons (Fsp3) is 0.588. The zero-order valence-corrected chi connectivity index (χ0v) is 13.7. The van der Waals surface area contributed by atoms with E-state index in [2.05, 4.69) is 43.2 Å². The zero-order chi connectivity index (χ0) is 15.7. The molecule has 0 aliphatic rings. The molecule has 0 aromatic heterocycles. The molecule has 4 heteroatoms. The zero-order valence-electron chi connectivity index (χ0n) is 13.7. The predicted molar refractivity (Wildman–Crippen MR) is 89.8 cm³/mol. The molecule has 0 saturated heterocycles. The quantitative estimate of drug-likeness (QED) is 0.572. The number of nitrogens with two attached hydrogens (primary N) is 1. The number of nitrogens with one attached hydrogen (secondary N) is 1. The number of guanidine groups is 1. The van der Waals surface area contributed by atoms with Crippen LogP contribution in [0.1, 0.15) is 32.8 Å². The molecular weight excluding hydrogens is 262 g/mol. The molecule has 1 atom stereocenters. The van der Waals surface area contributed by atoms with Crippen molar-refractivity contribution in [3.8, 4) is 5.75 Å². The Morgan fingerprint density at radius 1 is 1.24 bits per heavy atom. The molecule has 0 fully saturated rings. The summed E-state index contributed by atoms with van der Waals surface area (Å²) in [6.45, 7) is 8.22. The van der Waals surface area contributed by atoms with Crippen molar-refractivity contribution in [2.45, 2.75) is 33.6 Å². The number of hydrogen-bond acceptors (Lipinski definition) is 2. The third-order valence-corrected chi connectivity index (χ3v) is 3.34. The summed E-state index contributed by atoms with van der Waals surface area (Å²) in [6, 6.07) is 8.19. The second-order valence-corrected chi connectivity index (χ2v) is 5.99. The van der Waals surface area contributed by atoms with E-state index < -0.39 is 0 Å². The van der Waals surface area contributed by atoms with Crippen molar-refractivity contribution in [2.75, 3.05) is 20.2 Å². The maximum Gasteiger partial charge on any atom is 0.188 e. The Bertz CT molecular complexity index is 426. The van der Waals surface area contributed by atoms with Crippen molar-refractivity contribution in [2.24, 2.45) is 22.6 Å². The molecule has 1 rings (SSSR count). The first-order chi connectivity index (χ1) is 10.0. The second kappa shape index (κ2) is 9.27. The minimum atomic E-state index is 0.462. The molecule has 1 aromatic carbocycles. The van der Waals surface area contributed by atoms with E-state index >= 15 is 0 Å². The van der Waals surface area contributed by atoms with E-state index in [1.807, 2.05) is 12.1 Å². The number of benzene rings is 1. The number of nitrogens with zero attached hydrogens (tertiary/aromatic N) is 1. The van der Waals surface area contributed by atoms with Crippen molar-refractivity contribution < 1.29 is 4.74 Å². The van der Waals surface area contributed by atoms with Gasteiger partial charge in [0, 0.05) is 13.1 Å². The molecule has 21 heavy (non-hydrogen) atoms. The van der Waals surface area contributed by atoms with E-state index in [-0.39, 0.29) is 0 Å². The summed E-state index contributed by atoms with van der Waals surface area (Å²) >= 11 is 0. The summed E-state index contributed by atoms with van der Waals surface area (Å²) in [7, 11) is 1.68. The number of hydrogen-bond donors (Lipinski definition) is 2. The van der Waals surface area contributed by atoms with Crippen LogP contribution in [0.2, 0.25) is 0 Å². The highest BCUT2D eigenvalue weighted by molar-refractivity contribution is 5.77. The van der Waals surface area contributed by atoms with Crippen LogP contribution in [0.15, 0.2) is 29.3 Å². The molecule has 0 radical (unpaired) electrons. The average Bonchev–Trinajstić information content (AvgIpc) is 2.45. The van der Waals surface area contributed by atoms with Crippen molar-refractivity contribution in [1.82, 2.24) is 5.32 Å². The Morgan fingerprint density at radius 2 is 1.90 bits per heavy atom. The second-order valence-electron chi connectivity index (χ2n) is 5.99. The first-order valence-corrected chi connectivity index (χ1v) is 7.68. The van der Waals surface area contributed by atoms with Gasteiger partial charge in [0.2, 0.25) is 0 Å². The lowest BCUT2D eigenvalue weighted by Crippen LogP contribution is -2.33. The van der Waals surface area contributed by atoms with Crippen molar-refractivity contribution >= 4 is 5.96 Å². The molecule has 4 nitrogen and oxygen atoms in total. The van der Waals surface area contributed by atoms with Gasteiger partial charge in [0.15, 0.2) is 5.96 Å². The molecular formula is C17H29N3O. The Morgan fingerprint density at radius 3 is 2.48 bits per heavy atom. The van der Waals surface area contributed by atoms with Crippen LogP contribution in [-0.4, -0.2) is 26.2 Å². The van der Waals surface area contributed by atoms with Gasteiger partial charge in [0.1, 0.15) is 5.75 Å². The summed E-state index contributed by atoms with van der Waals surface area (Å²) in [5, 5.41) is 3.16. The molecule has 0 saturated carbocycles. The third-order valence-electron chi connectivity index (χ3n) is 3.34. The van der Waals surface area contributed by atoms with Crippen molar-refractivity contribution in [1.29, 1.82) is 0 Å². The molecule has 3 N–H and O–H groups in total. The van der Waals surface area contributed by atoms with E-state index in [1.54, 1.807) is 7.11 Å². The smallest absolute Gasteiger partial charge is 0.188 e. The molecule has 0 spiro atoms. The van der Waals surface area contributed by atoms with Gasteiger partial charge in [-0.15, -0.1) is 0 Å². The Labute approximate surface area is 128 Å². The van der Waals surface area contributed by atoms with Gasteiger partial charge in [-0.1, -0.05) is 32.9 Å². The molecule has 0 aliphatic carbocycles. The lowest BCUT2D eigenvalue weighted by atomic mass is 10.0. The van der Waals surface area contributed by atoms with E-state index in [9.17, 15) is 0 Å². The highest BCUT2D eigenvalue weighted by Gasteiger charge is 2.04. The minimum Gasteiger partial charge on any atom is -0.497 e. The maximum absolute atomic E-state index is 5.86. The van der Waals surface area contributed by atoms with Gasteiger partial charge in [-0.3, -0.25) is 4.99 Å². The van der Waals surface area contributed by atoms with Crippen LogP contribution in [0.25, 0.3) is 0 Å². The number of rotatable bonds is 8. The summed E-state index contributed by atoms with van der Waals surface area (Å²) < 4.78 is 5.16. The highest BCUT2D eigenvalue weighted by atomic mass is 16.5. The maximum atomic E-state index is 5.86. The van der Waals surface area contributed by atoms with E-state index in [1.165, 1.54) is 5.56 Å². The van der Waals surface area contributed by atoms with Gasteiger partial charge < -0.3 is 15.8 Å². The standard InChI is InChI=1S/C17H29N3O/c1-13(2)9-10-19-17(18)20-12-14(3)11-15-5-7-16(21-4)8-6-15/h5-8,13-14H,9-12H2,1-4H3,(H3,18,19,20). The van der Waals surface area contributed by atoms with E-state index in [4.69, 9.17) is 10.5 Å². The highest BCUT2D eigenvalue weighted by Crippen LogP contribution is 2.14. The monoisotopic (exact) mass is 291 g/mol. The molecule has 0 aliphatic heterocycles. The van der Waals surface area contributed by atoms with E-state index in [0.29, 0.717) is 17.8 Å². The SMILES string of the molecule is COc1ccc(CC(C)CN=C(N)NCCC(C)C)cc1. The van der Waals surface area contributed by atoms with Gasteiger partial charge in [0.05, 0.1) is 7.11 Å². The van der Waals surface area contributed by atoms with Crippen LogP contribution in [0.4, 0.5) is 0 Å². The Hall–Kier alpha value is -1.71. The minimum absolute atomic E-state index is 0.462. The summed E-state index contributed by atoms with van der Waals surface area (Å²) in [4.78, 5) is 4.41. The summed E-state index contributed by atoms with van der Waals surface area (Å²) in [5.74, 6) is 2.59. The van der Waals surface area contributed by atoms with Crippen LogP contribution < -0.4 is 15.8 Å². The van der Waals surface area contributed by atoms with Crippen molar-refractivity contribution in [3.05, 3.63) is 29.8 Å². The topological polar surface area (TPSA) is 59.6 Å². The van der Waals surface area contributed by atoms with Crippen LogP contribution in [0.5, 0.6) is 5.75 Å². The van der Waals surface area contributed by atoms with Crippen LogP contribution >= 0.6 is 0 Å². The first-order valence-electron chi connectivity index (χ1n) is 7.68. The average molecular weight is 291 g/mol. The lowest BCUT2D eigenvalue weighted by molar-refractivity contribution is 0.414. The largest absolute Gasteiger partial charge is 0.497 e. The van der Waals surface area contributed by atoms with Gasteiger partial charge in [-0.05, 0) is 42.4 Å². The molecule has 1 unspecified atom stereocenters.